The fourth-order valence-corrected chi connectivity index (χ4v) is 0.582. The highest BCUT2D eigenvalue weighted by atomic mass is 16.4. The Kier molecular flexibility index (Phi) is 1.79. The summed E-state index contributed by atoms with van der Waals surface area (Å²) >= 11 is 0. The molecule has 5 heteroatoms. The molecule has 1 aromatic rings. The van der Waals surface area contributed by atoms with Crippen LogP contribution in [0.3, 0.4) is 0 Å². The predicted octanol–water partition coefficient (Wildman–Crippen LogP) is 0.0465. The number of nitriles is 1. The van der Waals surface area contributed by atoms with E-state index < -0.39 is 5.97 Å². The van der Waals surface area contributed by atoms with E-state index in [0.29, 0.717) is 0 Å². The molecule has 0 aliphatic heterocycles. The number of carboxylic acid groups (broad SMARTS) is 1. The topological polar surface area (TPSA) is 86.9 Å². The number of aromatic carboxylic acids is 1. The molecule has 0 saturated carbocycles. The van der Waals surface area contributed by atoms with E-state index in [9.17, 15) is 4.79 Å². The first kappa shape index (κ1) is 7.15. The van der Waals surface area contributed by atoms with Crippen LogP contribution in [0, 0.1) is 11.3 Å². The molecule has 0 fully saturated rings. The number of carboxylic acids is 1. The average Bonchev–Trinajstić information content (AvgIpc) is 2.04. The van der Waals surface area contributed by atoms with Crippen molar-refractivity contribution in [3.8, 4) is 6.07 Å². The summed E-state index contributed by atoms with van der Waals surface area (Å²) in [6.07, 6.45) is 2.25. The number of nitrogens with zero attached hydrogens (tertiary/aromatic N) is 3. The van der Waals surface area contributed by atoms with Crippen molar-refractivity contribution in [2.75, 3.05) is 0 Å². The van der Waals surface area contributed by atoms with Crippen LogP contribution in [0.25, 0.3) is 0 Å². The molecule has 0 aliphatic rings. The van der Waals surface area contributed by atoms with Gasteiger partial charge < -0.3 is 5.11 Å². The summed E-state index contributed by atoms with van der Waals surface area (Å²) in [6, 6.07) is 1.67. The Labute approximate surface area is 61.9 Å². The maximum atomic E-state index is 10.3. The Bertz CT molecular complexity index is 329. The van der Waals surface area contributed by atoms with Crippen molar-refractivity contribution in [1.29, 1.82) is 5.26 Å². The van der Waals surface area contributed by atoms with Gasteiger partial charge in [0.1, 0.15) is 18.0 Å². The van der Waals surface area contributed by atoms with E-state index in [2.05, 4.69) is 9.97 Å². The molecule has 1 heterocycles. The van der Waals surface area contributed by atoms with Crippen LogP contribution in [-0.2, 0) is 0 Å². The summed E-state index contributed by atoms with van der Waals surface area (Å²) in [5.41, 5.74) is -0.289. The van der Waals surface area contributed by atoms with Crippen LogP contribution in [0.2, 0.25) is 0 Å². The van der Waals surface area contributed by atoms with Gasteiger partial charge in [-0.2, -0.15) is 5.26 Å². The lowest BCUT2D eigenvalue weighted by Gasteiger charge is -1.92. The maximum absolute atomic E-state index is 10.3. The lowest BCUT2D eigenvalue weighted by atomic mass is 10.2. The highest BCUT2D eigenvalue weighted by Gasteiger charge is 2.09. The van der Waals surface area contributed by atoms with Crippen LogP contribution < -0.4 is 0 Å². The predicted molar refractivity (Wildman–Crippen MR) is 33.7 cm³/mol. The monoisotopic (exact) mass is 149 g/mol. The second-order valence-electron chi connectivity index (χ2n) is 1.70. The summed E-state index contributed by atoms with van der Waals surface area (Å²) in [4.78, 5) is 17.3. The number of aromatic nitrogens is 2. The minimum Gasteiger partial charge on any atom is -0.476 e. The van der Waals surface area contributed by atoms with E-state index in [0.717, 1.165) is 12.5 Å². The van der Waals surface area contributed by atoms with Crippen molar-refractivity contribution < 1.29 is 9.90 Å². The van der Waals surface area contributed by atoms with Gasteiger partial charge in [-0.1, -0.05) is 0 Å². The van der Waals surface area contributed by atoms with Crippen LogP contribution in [0.15, 0.2) is 12.5 Å². The normalized spacial score (nSPS) is 8.64. The van der Waals surface area contributed by atoms with Gasteiger partial charge in [0.25, 0.3) is 0 Å². The number of carbonyl (C=O) groups is 1. The van der Waals surface area contributed by atoms with Crippen LogP contribution in [0.4, 0.5) is 0 Å². The summed E-state index contributed by atoms with van der Waals surface area (Å²) in [6.45, 7) is 0. The van der Waals surface area contributed by atoms with Gasteiger partial charge in [-0.15, -0.1) is 0 Å². The SMILES string of the molecule is N#Cc1cncnc1C(=O)O. The van der Waals surface area contributed by atoms with Crippen molar-refractivity contribution in [2.45, 2.75) is 0 Å². The highest BCUT2D eigenvalue weighted by Crippen LogP contribution is 1.99. The molecule has 1 aromatic heterocycles. The third-order valence-corrected chi connectivity index (χ3v) is 1.04. The zero-order chi connectivity index (χ0) is 8.27. The summed E-state index contributed by atoms with van der Waals surface area (Å²) in [5, 5.41) is 16.8. The molecule has 1 N–H and O–H groups in total. The quantitative estimate of drug-likeness (QED) is 0.609. The molecule has 0 saturated heterocycles. The van der Waals surface area contributed by atoms with Crippen LogP contribution in [0.1, 0.15) is 16.1 Å². The Morgan fingerprint density at radius 1 is 1.73 bits per heavy atom. The van der Waals surface area contributed by atoms with Crippen LogP contribution in [-0.4, -0.2) is 21.0 Å². The third-order valence-electron chi connectivity index (χ3n) is 1.04. The molecule has 54 valence electrons. The van der Waals surface area contributed by atoms with E-state index in [-0.39, 0.29) is 11.3 Å². The van der Waals surface area contributed by atoms with Gasteiger partial charge in [0.2, 0.25) is 0 Å². The average molecular weight is 149 g/mol. The number of hydrogen-bond acceptors (Lipinski definition) is 4. The fourth-order valence-electron chi connectivity index (χ4n) is 0.582. The molecule has 0 spiro atoms. The molecular weight excluding hydrogens is 146 g/mol. The van der Waals surface area contributed by atoms with Gasteiger partial charge in [-0.25, -0.2) is 14.8 Å². The first-order valence-electron chi connectivity index (χ1n) is 2.69. The maximum Gasteiger partial charge on any atom is 0.356 e. The molecule has 0 atom stereocenters. The van der Waals surface area contributed by atoms with E-state index in [4.69, 9.17) is 10.4 Å². The molecule has 0 amide bonds. The van der Waals surface area contributed by atoms with Crippen molar-refractivity contribution in [3.63, 3.8) is 0 Å². The van der Waals surface area contributed by atoms with Crippen molar-refractivity contribution in [3.05, 3.63) is 23.8 Å². The molecule has 0 aromatic carbocycles. The van der Waals surface area contributed by atoms with Gasteiger partial charge in [-0.05, 0) is 0 Å². The molecule has 1 rings (SSSR count). The van der Waals surface area contributed by atoms with Gasteiger partial charge in [0.15, 0.2) is 5.69 Å². The Morgan fingerprint density at radius 3 is 2.91 bits per heavy atom. The van der Waals surface area contributed by atoms with E-state index in [1.54, 1.807) is 6.07 Å². The number of hydrogen-bond donors (Lipinski definition) is 1. The smallest absolute Gasteiger partial charge is 0.356 e. The fraction of sp³-hybridized carbons (Fsp3) is 0. The van der Waals surface area contributed by atoms with Gasteiger partial charge in [0.05, 0.1) is 0 Å². The van der Waals surface area contributed by atoms with E-state index in [1.165, 1.54) is 0 Å². The standard InChI is InChI=1S/C6H3N3O2/c7-1-4-2-8-3-9-5(4)6(10)11/h2-3H,(H,10,11). The van der Waals surface area contributed by atoms with E-state index in [1.807, 2.05) is 0 Å². The largest absolute Gasteiger partial charge is 0.476 e. The van der Waals surface area contributed by atoms with Gasteiger partial charge in [-0.3, -0.25) is 0 Å². The molecule has 0 aliphatic carbocycles. The third kappa shape index (κ3) is 1.30. The summed E-state index contributed by atoms with van der Waals surface area (Å²) in [7, 11) is 0. The molecule has 0 bridgehead atoms. The zero-order valence-electron chi connectivity index (χ0n) is 5.35. The zero-order valence-corrected chi connectivity index (χ0v) is 5.35. The van der Waals surface area contributed by atoms with Crippen LogP contribution in [0.5, 0.6) is 0 Å². The first-order valence-corrected chi connectivity index (χ1v) is 2.69. The van der Waals surface area contributed by atoms with Gasteiger partial charge >= 0.3 is 5.97 Å². The minimum absolute atomic E-state index is 0.0278. The van der Waals surface area contributed by atoms with Gasteiger partial charge in [0, 0.05) is 6.20 Å². The molecule has 5 nitrogen and oxygen atoms in total. The minimum atomic E-state index is -1.22. The Balaban J connectivity index is 3.26. The van der Waals surface area contributed by atoms with E-state index >= 15 is 0 Å². The second-order valence-corrected chi connectivity index (χ2v) is 1.70. The summed E-state index contributed by atoms with van der Waals surface area (Å²) < 4.78 is 0. The second kappa shape index (κ2) is 2.75. The van der Waals surface area contributed by atoms with Crippen molar-refractivity contribution in [1.82, 2.24) is 9.97 Å². The lowest BCUT2D eigenvalue weighted by Crippen LogP contribution is -2.03. The number of rotatable bonds is 1. The molecule has 0 unspecified atom stereocenters. The van der Waals surface area contributed by atoms with Crippen LogP contribution >= 0.6 is 0 Å². The Hall–Kier alpha value is -1.96. The molecular formula is C6H3N3O2. The first-order chi connectivity index (χ1) is 5.25. The summed E-state index contributed by atoms with van der Waals surface area (Å²) in [5.74, 6) is -1.22. The van der Waals surface area contributed by atoms with Crippen molar-refractivity contribution in [2.24, 2.45) is 0 Å². The lowest BCUT2D eigenvalue weighted by molar-refractivity contribution is 0.0690. The molecule has 0 radical (unpaired) electrons. The molecule has 11 heavy (non-hydrogen) atoms. The Morgan fingerprint density at radius 2 is 2.45 bits per heavy atom. The highest BCUT2D eigenvalue weighted by molar-refractivity contribution is 5.87. The van der Waals surface area contributed by atoms with Crippen molar-refractivity contribution >= 4 is 5.97 Å².